The van der Waals surface area contributed by atoms with Crippen molar-refractivity contribution >= 4 is 33.2 Å². The van der Waals surface area contributed by atoms with Gasteiger partial charge < -0.3 is 15.8 Å². The van der Waals surface area contributed by atoms with Crippen LogP contribution in [0.4, 0.5) is 5.69 Å². The van der Waals surface area contributed by atoms with Crippen LogP contribution in [0.25, 0.3) is 5.73 Å². The monoisotopic (exact) mass is 551 g/mol. The van der Waals surface area contributed by atoms with E-state index in [4.69, 9.17) is 17.3 Å². The smallest absolute Gasteiger partial charge is 0.264 e. The topological polar surface area (TPSA) is 90.3 Å². The molecule has 32 heavy (non-hydrogen) atoms. The van der Waals surface area contributed by atoms with Gasteiger partial charge in [0, 0.05) is 56.2 Å². The molecule has 2 aromatic rings. The molecule has 2 aromatic carbocycles. The van der Waals surface area contributed by atoms with Gasteiger partial charge in [0.1, 0.15) is 0 Å². The minimum atomic E-state index is -3.79. The van der Waals surface area contributed by atoms with E-state index < -0.39 is 27.5 Å². The van der Waals surface area contributed by atoms with E-state index in [0.29, 0.717) is 22.7 Å². The minimum absolute atomic E-state index is 0. The van der Waals surface area contributed by atoms with E-state index in [1.165, 1.54) is 10.4 Å². The van der Waals surface area contributed by atoms with Crippen LogP contribution in [0.1, 0.15) is 57.7 Å². The largest absolute Gasteiger partial charge is 0.668 e. The molecule has 1 aliphatic rings. The van der Waals surface area contributed by atoms with E-state index in [0.717, 1.165) is 5.56 Å². The van der Waals surface area contributed by atoms with Crippen molar-refractivity contribution in [1.82, 2.24) is 5.32 Å². The number of nitrogens with one attached hydrogen (secondary N) is 2. The Hall–Kier alpha value is -0.986. The van der Waals surface area contributed by atoms with E-state index in [1.807, 2.05) is 45.9 Å². The first-order valence-corrected chi connectivity index (χ1v) is 11.9. The normalized spacial score (nSPS) is 17.6. The second-order valence-corrected chi connectivity index (χ2v) is 12.0. The summed E-state index contributed by atoms with van der Waals surface area (Å²) in [6.07, 6.45) is 0.775. The Morgan fingerprint density at radius 3 is 2.38 bits per heavy atom. The first-order valence-electron chi connectivity index (χ1n) is 10.1. The summed E-state index contributed by atoms with van der Waals surface area (Å²) in [5, 5.41) is 4.00. The number of carbonyl (C=O) groups is 1. The Kier molecular flexibility index (Phi) is 8.27. The van der Waals surface area contributed by atoms with Crippen LogP contribution in [0.5, 0.6) is 0 Å². The first kappa shape index (κ1) is 27.3. The number of halogens is 1. The number of sulfonamides is 1. The number of amides is 1. The maximum atomic E-state index is 13.4. The number of hydrogen-bond acceptors (Lipinski definition) is 4. The third kappa shape index (κ3) is 5.73. The molecule has 1 radical (unpaired) electrons. The summed E-state index contributed by atoms with van der Waals surface area (Å²) in [5.74, 6) is -0.590. The van der Waals surface area contributed by atoms with Crippen molar-refractivity contribution in [1.29, 1.82) is 0 Å². The molecular weight excluding hydrogens is 523 g/mol. The zero-order valence-corrected chi connectivity index (χ0v) is 23.5. The van der Waals surface area contributed by atoms with E-state index in [-0.39, 0.29) is 49.4 Å². The number of benzene rings is 2. The van der Waals surface area contributed by atoms with Crippen LogP contribution in [0.2, 0.25) is 5.02 Å². The molecule has 1 unspecified atom stereocenters. The Labute approximate surface area is 221 Å². The van der Waals surface area contributed by atoms with E-state index in [9.17, 15) is 13.2 Å². The Morgan fingerprint density at radius 2 is 1.75 bits per heavy atom. The Bertz CT molecular complexity index is 1120. The molecule has 1 heterocycles. The standard InChI is InChI=1S/C23H30ClN3O3S.Y/c1-22(2,13-20(25)28)14-23(3,4)26-21-16-8-6-7-9-18(16)27(5)31(29,30)19-12-15(24)10-11-17(19)21;/h6-12,21,26H,13-14H2,1-5H3,(H2,25,28);/p-1. The summed E-state index contributed by atoms with van der Waals surface area (Å²) in [7, 11) is -2.24. The Balaban J connectivity index is 0.00000363. The molecule has 0 aromatic heterocycles. The van der Waals surface area contributed by atoms with Crippen molar-refractivity contribution in [3.8, 4) is 0 Å². The van der Waals surface area contributed by atoms with E-state index in [1.54, 1.807) is 25.2 Å². The molecule has 1 amide bonds. The molecule has 171 valence electrons. The fourth-order valence-corrected chi connectivity index (χ4v) is 6.44. The predicted octanol–water partition coefficient (Wildman–Crippen LogP) is 5.32. The molecule has 3 rings (SSSR count). The van der Waals surface area contributed by atoms with Crippen molar-refractivity contribution in [3.63, 3.8) is 0 Å². The molecule has 0 aliphatic carbocycles. The van der Waals surface area contributed by atoms with Gasteiger partial charge in [-0.2, -0.15) is 0 Å². The van der Waals surface area contributed by atoms with Crippen molar-refractivity contribution in [2.24, 2.45) is 5.41 Å². The first-order chi connectivity index (χ1) is 14.2. The van der Waals surface area contributed by atoms with Crippen LogP contribution in [0.15, 0.2) is 47.4 Å². The molecule has 9 heteroatoms. The summed E-state index contributed by atoms with van der Waals surface area (Å²) >= 11 is 6.18. The molecule has 0 fully saturated rings. The second kappa shape index (κ2) is 9.71. The number of anilines is 1. The van der Waals surface area contributed by atoms with Gasteiger partial charge in [-0.15, -0.1) is 0 Å². The van der Waals surface area contributed by atoms with Gasteiger partial charge in [0.05, 0.1) is 16.6 Å². The zero-order chi connectivity index (χ0) is 23.2. The summed E-state index contributed by atoms with van der Waals surface area (Å²) in [5.41, 5.74) is 8.59. The minimum Gasteiger partial charge on any atom is -0.668 e. The van der Waals surface area contributed by atoms with Crippen molar-refractivity contribution in [2.75, 3.05) is 11.4 Å². The molecule has 0 bridgehead atoms. The Morgan fingerprint density at radius 1 is 1.12 bits per heavy atom. The van der Waals surface area contributed by atoms with E-state index in [2.05, 4.69) is 5.32 Å². The summed E-state index contributed by atoms with van der Waals surface area (Å²) in [6.45, 7) is 8.00. The second-order valence-electron chi connectivity index (χ2n) is 9.62. The molecule has 0 spiro atoms. The van der Waals surface area contributed by atoms with Crippen molar-refractivity contribution in [2.45, 2.75) is 57.0 Å². The summed E-state index contributed by atoms with van der Waals surface area (Å²) in [6, 6.07) is 12.0. The van der Waals surface area contributed by atoms with Gasteiger partial charge in [0.25, 0.3) is 10.0 Å². The van der Waals surface area contributed by atoms with Crippen LogP contribution in [0.3, 0.4) is 0 Å². The molecule has 1 atom stereocenters. The fourth-order valence-electron chi connectivity index (χ4n) is 4.72. The average Bonchev–Trinajstić information content (AvgIpc) is 2.68. The molecular formula is C23H29ClN3O3SY-. The summed E-state index contributed by atoms with van der Waals surface area (Å²) < 4.78 is 28.1. The average molecular weight is 552 g/mol. The van der Waals surface area contributed by atoms with E-state index >= 15 is 0 Å². The van der Waals surface area contributed by atoms with Gasteiger partial charge in [0.2, 0.25) is 0 Å². The van der Waals surface area contributed by atoms with Gasteiger partial charge in [0.15, 0.2) is 0 Å². The van der Waals surface area contributed by atoms with Crippen LogP contribution in [-0.2, 0) is 47.5 Å². The summed E-state index contributed by atoms with van der Waals surface area (Å²) in [4.78, 5) is 11.6. The molecule has 0 saturated carbocycles. The maximum Gasteiger partial charge on any atom is 0.264 e. The van der Waals surface area contributed by atoms with Gasteiger partial charge in [-0.1, -0.05) is 49.7 Å². The van der Waals surface area contributed by atoms with Gasteiger partial charge in [-0.3, -0.25) is 4.31 Å². The number of fused-ring (bicyclic) bond motifs is 2. The predicted molar refractivity (Wildman–Crippen MR) is 125 cm³/mol. The quantitative estimate of drug-likeness (QED) is 0.526. The number of rotatable bonds is 6. The number of para-hydroxylation sites is 1. The van der Waals surface area contributed by atoms with Gasteiger partial charge >= 0.3 is 0 Å². The molecule has 1 aliphatic heterocycles. The van der Waals surface area contributed by atoms with Crippen LogP contribution < -0.4 is 9.62 Å². The van der Waals surface area contributed by atoms with Gasteiger partial charge in [-0.25, -0.2) is 8.42 Å². The fraction of sp³-hybridized carbons (Fsp3) is 0.435. The van der Waals surface area contributed by atoms with Crippen LogP contribution in [-0.4, -0.2) is 26.9 Å². The molecule has 6 nitrogen and oxygen atoms in total. The molecule has 0 saturated heterocycles. The number of carbonyl (C=O) groups excluding carboxylic acids is 1. The third-order valence-electron chi connectivity index (χ3n) is 5.61. The zero-order valence-electron chi connectivity index (χ0n) is 19.1. The van der Waals surface area contributed by atoms with Crippen molar-refractivity contribution in [3.05, 3.63) is 64.3 Å². The third-order valence-corrected chi connectivity index (χ3v) is 7.67. The van der Waals surface area contributed by atoms with Crippen LogP contribution in [0, 0.1) is 5.41 Å². The SMILES string of the molecule is CN1c2ccccc2C(NC(C)(C)CC(C)(C)CC([NH-])=O)c2ccc(Cl)cc2S1(=O)=O.[Y]. The van der Waals surface area contributed by atoms with Crippen molar-refractivity contribution < 1.29 is 45.9 Å². The maximum absolute atomic E-state index is 13.4. The molecule has 2 N–H and O–H groups in total. The number of nitrogens with zero attached hydrogens (tertiary/aromatic N) is 1. The van der Waals surface area contributed by atoms with Crippen LogP contribution >= 0.6 is 11.6 Å². The van der Waals surface area contributed by atoms with Gasteiger partial charge in [-0.05, 0) is 61.4 Å². The number of hydrogen-bond donors (Lipinski definition) is 1.